The molecule has 116 valence electrons. The van der Waals surface area contributed by atoms with Crippen LogP contribution >= 0.6 is 15.9 Å². The zero-order valence-corrected chi connectivity index (χ0v) is 14.5. The monoisotopic (exact) mass is 369 g/mol. The minimum Gasteiger partial charge on any atom is -0.321 e. The van der Waals surface area contributed by atoms with Crippen LogP contribution in [0, 0.1) is 6.92 Å². The van der Waals surface area contributed by atoms with E-state index in [4.69, 9.17) is 0 Å². The largest absolute Gasteiger partial charge is 0.321 e. The first-order valence-corrected chi connectivity index (χ1v) is 8.00. The molecule has 3 aromatic rings. The van der Waals surface area contributed by atoms with E-state index < -0.39 is 0 Å². The molecule has 0 saturated carbocycles. The number of halogens is 1. The van der Waals surface area contributed by atoms with Crippen molar-refractivity contribution in [1.82, 2.24) is 9.78 Å². The Morgan fingerprint density at radius 3 is 2.39 bits per heavy atom. The Morgan fingerprint density at radius 1 is 1.09 bits per heavy atom. The predicted molar refractivity (Wildman–Crippen MR) is 95.5 cm³/mol. The van der Waals surface area contributed by atoms with Gasteiger partial charge in [-0.1, -0.05) is 45.8 Å². The minimum absolute atomic E-state index is 0.221. The molecule has 3 rings (SSSR count). The molecule has 4 nitrogen and oxygen atoms in total. The molecule has 2 aromatic carbocycles. The van der Waals surface area contributed by atoms with Gasteiger partial charge < -0.3 is 5.32 Å². The van der Waals surface area contributed by atoms with Crippen molar-refractivity contribution in [2.45, 2.75) is 6.92 Å². The van der Waals surface area contributed by atoms with E-state index in [1.807, 2.05) is 62.5 Å². The Hall–Kier alpha value is -2.40. The summed E-state index contributed by atoms with van der Waals surface area (Å²) < 4.78 is 2.69. The highest BCUT2D eigenvalue weighted by Gasteiger charge is 2.14. The molecular formula is C18H16BrN3O. The molecular weight excluding hydrogens is 354 g/mol. The highest BCUT2D eigenvalue weighted by Crippen LogP contribution is 2.21. The summed E-state index contributed by atoms with van der Waals surface area (Å²) >= 11 is 3.37. The Kier molecular flexibility index (Phi) is 4.30. The number of hydrogen-bond acceptors (Lipinski definition) is 2. The van der Waals surface area contributed by atoms with Crippen molar-refractivity contribution >= 4 is 27.5 Å². The number of benzene rings is 2. The van der Waals surface area contributed by atoms with Crippen LogP contribution in [0.2, 0.25) is 0 Å². The number of aromatic nitrogens is 2. The third-order valence-electron chi connectivity index (χ3n) is 3.56. The van der Waals surface area contributed by atoms with Crippen molar-refractivity contribution in [3.63, 3.8) is 0 Å². The smallest absolute Gasteiger partial charge is 0.276 e. The van der Waals surface area contributed by atoms with E-state index in [1.165, 1.54) is 5.56 Å². The number of carbonyl (C=O) groups excluding carboxylic acids is 1. The van der Waals surface area contributed by atoms with Gasteiger partial charge in [-0.25, -0.2) is 0 Å². The fourth-order valence-electron chi connectivity index (χ4n) is 2.30. The molecule has 1 N–H and O–H groups in total. The van der Waals surface area contributed by atoms with Crippen LogP contribution < -0.4 is 5.32 Å². The first-order chi connectivity index (χ1) is 11.0. The SMILES string of the molecule is Cc1ccc(-c2cc(C(=O)Nc3ccc(Br)cc3)nn2C)cc1. The number of hydrogen-bond donors (Lipinski definition) is 1. The maximum absolute atomic E-state index is 12.4. The van der Waals surface area contributed by atoms with Crippen LogP contribution in [0.25, 0.3) is 11.3 Å². The van der Waals surface area contributed by atoms with Crippen molar-refractivity contribution < 1.29 is 4.79 Å². The van der Waals surface area contributed by atoms with Crippen LogP contribution in [0.1, 0.15) is 16.1 Å². The lowest BCUT2D eigenvalue weighted by Crippen LogP contribution is -2.12. The van der Waals surface area contributed by atoms with Gasteiger partial charge in [0.25, 0.3) is 5.91 Å². The molecule has 5 heteroatoms. The highest BCUT2D eigenvalue weighted by atomic mass is 79.9. The lowest BCUT2D eigenvalue weighted by Gasteiger charge is -2.02. The summed E-state index contributed by atoms with van der Waals surface area (Å²) in [6.07, 6.45) is 0. The number of anilines is 1. The van der Waals surface area contributed by atoms with Gasteiger partial charge in [-0.15, -0.1) is 0 Å². The molecule has 23 heavy (non-hydrogen) atoms. The second-order valence-electron chi connectivity index (χ2n) is 5.37. The average Bonchev–Trinajstić information content (AvgIpc) is 2.92. The van der Waals surface area contributed by atoms with Crippen LogP contribution in [0.5, 0.6) is 0 Å². The number of rotatable bonds is 3. The Labute approximate surface area is 143 Å². The lowest BCUT2D eigenvalue weighted by molar-refractivity contribution is 0.102. The van der Waals surface area contributed by atoms with E-state index in [0.29, 0.717) is 5.69 Å². The number of nitrogens with zero attached hydrogens (tertiary/aromatic N) is 2. The maximum atomic E-state index is 12.4. The van der Waals surface area contributed by atoms with Crippen molar-refractivity contribution in [3.05, 3.63) is 70.3 Å². The maximum Gasteiger partial charge on any atom is 0.276 e. The molecule has 1 amide bonds. The van der Waals surface area contributed by atoms with Gasteiger partial charge in [-0.2, -0.15) is 5.10 Å². The van der Waals surface area contributed by atoms with E-state index in [1.54, 1.807) is 10.7 Å². The fourth-order valence-corrected chi connectivity index (χ4v) is 2.57. The van der Waals surface area contributed by atoms with Gasteiger partial charge in [-0.05, 0) is 42.8 Å². The predicted octanol–water partition coefficient (Wildman–Crippen LogP) is 4.41. The van der Waals surface area contributed by atoms with Gasteiger partial charge in [0.1, 0.15) is 0 Å². The van der Waals surface area contributed by atoms with Gasteiger partial charge in [0.2, 0.25) is 0 Å². The van der Waals surface area contributed by atoms with Gasteiger partial charge in [-0.3, -0.25) is 9.48 Å². The molecule has 0 atom stereocenters. The molecule has 1 aromatic heterocycles. The topological polar surface area (TPSA) is 46.9 Å². The van der Waals surface area contributed by atoms with Gasteiger partial charge in [0, 0.05) is 17.2 Å². The van der Waals surface area contributed by atoms with E-state index >= 15 is 0 Å². The van der Waals surface area contributed by atoms with E-state index in [9.17, 15) is 4.79 Å². The molecule has 0 radical (unpaired) electrons. The Balaban J connectivity index is 1.83. The third kappa shape index (κ3) is 3.51. The summed E-state index contributed by atoms with van der Waals surface area (Å²) in [5, 5.41) is 7.17. The molecule has 1 heterocycles. The van der Waals surface area contributed by atoms with Crippen LogP contribution in [-0.2, 0) is 7.05 Å². The van der Waals surface area contributed by atoms with Crippen molar-refractivity contribution in [2.75, 3.05) is 5.32 Å². The zero-order chi connectivity index (χ0) is 16.4. The van der Waals surface area contributed by atoms with Crippen LogP contribution in [-0.4, -0.2) is 15.7 Å². The minimum atomic E-state index is -0.221. The normalized spacial score (nSPS) is 10.6. The van der Waals surface area contributed by atoms with Crippen molar-refractivity contribution in [3.8, 4) is 11.3 Å². The molecule has 0 spiro atoms. The number of carbonyl (C=O) groups is 1. The second kappa shape index (κ2) is 6.38. The summed E-state index contributed by atoms with van der Waals surface area (Å²) in [6, 6.07) is 17.4. The van der Waals surface area contributed by atoms with Gasteiger partial charge >= 0.3 is 0 Å². The molecule has 0 aliphatic heterocycles. The Bertz CT molecular complexity index is 836. The van der Waals surface area contributed by atoms with Gasteiger partial charge in [0.05, 0.1) is 5.69 Å². The fraction of sp³-hybridized carbons (Fsp3) is 0.111. The second-order valence-corrected chi connectivity index (χ2v) is 6.28. The molecule has 0 aliphatic rings. The van der Waals surface area contributed by atoms with Crippen molar-refractivity contribution in [2.24, 2.45) is 7.05 Å². The quantitative estimate of drug-likeness (QED) is 0.742. The first-order valence-electron chi connectivity index (χ1n) is 7.21. The summed E-state index contributed by atoms with van der Waals surface area (Å²) in [6.45, 7) is 2.05. The molecule has 0 unspecified atom stereocenters. The highest BCUT2D eigenvalue weighted by molar-refractivity contribution is 9.10. The number of nitrogens with one attached hydrogen (secondary N) is 1. The first kappa shape index (κ1) is 15.5. The lowest BCUT2D eigenvalue weighted by atomic mass is 10.1. The number of aryl methyl sites for hydroxylation is 2. The third-order valence-corrected chi connectivity index (χ3v) is 4.09. The summed E-state index contributed by atoms with van der Waals surface area (Å²) in [7, 11) is 1.84. The summed E-state index contributed by atoms with van der Waals surface area (Å²) in [4.78, 5) is 12.4. The number of amides is 1. The standard InChI is InChI=1S/C18H16BrN3O/c1-12-3-5-13(6-4-12)17-11-16(21-22(17)2)18(23)20-15-9-7-14(19)8-10-15/h3-11H,1-2H3,(H,20,23). The van der Waals surface area contributed by atoms with E-state index in [-0.39, 0.29) is 5.91 Å². The van der Waals surface area contributed by atoms with Crippen LogP contribution in [0.3, 0.4) is 0 Å². The average molecular weight is 370 g/mol. The van der Waals surface area contributed by atoms with Crippen LogP contribution in [0.15, 0.2) is 59.1 Å². The zero-order valence-electron chi connectivity index (χ0n) is 12.9. The van der Waals surface area contributed by atoms with Gasteiger partial charge in [0.15, 0.2) is 5.69 Å². The van der Waals surface area contributed by atoms with Crippen LogP contribution in [0.4, 0.5) is 5.69 Å². The van der Waals surface area contributed by atoms with E-state index in [2.05, 4.69) is 26.3 Å². The summed E-state index contributed by atoms with van der Waals surface area (Å²) in [5.74, 6) is -0.221. The van der Waals surface area contributed by atoms with Crippen molar-refractivity contribution in [1.29, 1.82) is 0 Å². The van der Waals surface area contributed by atoms with E-state index in [0.717, 1.165) is 21.4 Å². The molecule has 0 bridgehead atoms. The summed E-state index contributed by atoms with van der Waals surface area (Å²) in [5.41, 5.74) is 4.27. The molecule has 0 saturated heterocycles. The molecule has 0 fully saturated rings. The Morgan fingerprint density at radius 2 is 1.74 bits per heavy atom. The molecule has 0 aliphatic carbocycles.